The van der Waals surface area contributed by atoms with Crippen LogP contribution in [0, 0.1) is 0 Å². The van der Waals surface area contributed by atoms with Crippen LogP contribution >= 0.6 is 0 Å². The summed E-state index contributed by atoms with van der Waals surface area (Å²) in [6.07, 6.45) is -1.84. The molecular formula is C25H23F7O. The van der Waals surface area contributed by atoms with Gasteiger partial charge < -0.3 is 4.74 Å². The number of allylic oxidation sites excluding steroid dienone is 3. The topological polar surface area (TPSA) is 9.23 Å². The summed E-state index contributed by atoms with van der Waals surface area (Å²) < 4.78 is 101. The van der Waals surface area contributed by atoms with Crippen LogP contribution in [0.1, 0.15) is 30.9 Å². The van der Waals surface area contributed by atoms with Gasteiger partial charge in [-0.2, -0.15) is 26.3 Å². The minimum Gasteiger partial charge on any atom is -0.316 e. The van der Waals surface area contributed by atoms with Gasteiger partial charge in [-0.15, -0.1) is 0 Å². The fourth-order valence-corrected chi connectivity index (χ4v) is 3.49. The first-order chi connectivity index (χ1) is 15.5. The molecule has 0 heterocycles. The van der Waals surface area contributed by atoms with Gasteiger partial charge in [0.25, 0.3) is 0 Å². The third kappa shape index (κ3) is 5.32. The van der Waals surface area contributed by atoms with Crippen LogP contribution in [0.4, 0.5) is 30.7 Å². The lowest BCUT2D eigenvalue weighted by molar-refractivity contribution is -0.249. The maximum Gasteiger partial charge on any atom is 0.383 e. The van der Waals surface area contributed by atoms with Crippen molar-refractivity contribution in [2.24, 2.45) is 0 Å². The zero-order chi connectivity index (χ0) is 24.3. The molecule has 1 aliphatic rings. The maximum absolute atomic E-state index is 14.4. The highest BCUT2D eigenvalue weighted by atomic mass is 19.3. The molecule has 0 saturated carbocycles. The van der Waals surface area contributed by atoms with Gasteiger partial charge in [-0.05, 0) is 55.0 Å². The van der Waals surface area contributed by atoms with E-state index in [2.05, 4.69) is 4.74 Å². The minimum atomic E-state index is -4.46. The Hall–Kier alpha value is -2.61. The number of alkyl halides is 7. The number of hydrogen-bond donors (Lipinski definition) is 0. The molecule has 3 rings (SSSR count). The third-order valence-electron chi connectivity index (χ3n) is 5.59. The summed E-state index contributed by atoms with van der Waals surface area (Å²) >= 11 is 0. The van der Waals surface area contributed by atoms with Crippen molar-refractivity contribution in [3.05, 3.63) is 83.0 Å². The highest BCUT2D eigenvalue weighted by Gasteiger charge is 2.60. The Bertz CT molecular complexity index is 1010. The first kappa shape index (κ1) is 25.0. The second-order valence-corrected chi connectivity index (χ2v) is 7.87. The van der Waals surface area contributed by atoms with Crippen LogP contribution in [-0.4, -0.2) is 25.1 Å². The number of benzene rings is 2. The number of hydrogen-bond acceptors (Lipinski definition) is 1. The van der Waals surface area contributed by atoms with Gasteiger partial charge >= 0.3 is 18.0 Å². The van der Waals surface area contributed by atoms with Crippen molar-refractivity contribution in [2.45, 2.75) is 44.1 Å². The van der Waals surface area contributed by atoms with E-state index in [1.165, 1.54) is 12.1 Å². The summed E-state index contributed by atoms with van der Waals surface area (Å²) in [6.45, 7) is -0.376. The van der Waals surface area contributed by atoms with Gasteiger partial charge in [0.1, 0.15) is 0 Å². The minimum absolute atomic E-state index is 0.400. The van der Waals surface area contributed by atoms with Crippen molar-refractivity contribution in [3.63, 3.8) is 0 Å². The summed E-state index contributed by atoms with van der Waals surface area (Å²) in [5, 5.41) is 0. The van der Waals surface area contributed by atoms with Crippen molar-refractivity contribution in [1.82, 2.24) is 0 Å². The van der Waals surface area contributed by atoms with E-state index in [0.717, 1.165) is 42.3 Å². The van der Waals surface area contributed by atoms with E-state index in [4.69, 9.17) is 0 Å². The zero-order valence-electron chi connectivity index (χ0n) is 17.9. The first-order valence-corrected chi connectivity index (χ1v) is 10.4. The number of rotatable bonds is 9. The zero-order valence-corrected chi connectivity index (χ0v) is 17.9. The van der Waals surface area contributed by atoms with E-state index in [0.29, 0.717) is 18.4 Å². The second kappa shape index (κ2) is 9.71. The first-order valence-electron chi connectivity index (χ1n) is 10.4. The molecule has 0 bridgehead atoms. The van der Waals surface area contributed by atoms with E-state index < -0.39 is 54.4 Å². The molecule has 8 heteroatoms. The van der Waals surface area contributed by atoms with Crippen LogP contribution in [-0.2, 0) is 17.3 Å². The van der Waals surface area contributed by atoms with Gasteiger partial charge in [-0.1, -0.05) is 48.6 Å². The van der Waals surface area contributed by atoms with E-state index in [1.54, 1.807) is 12.1 Å². The predicted molar refractivity (Wildman–Crippen MR) is 112 cm³/mol. The number of ether oxygens (including phenoxy) is 1. The molecule has 0 radical (unpaired) electrons. The van der Waals surface area contributed by atoms with E-state index >= 15 is 0 Å². The van der Waals surface area contributed by atoms with Gasteiger partial charge in [0.05, 0.1) is 18.8 Å². The largest absolute Gasteiger partial charge is 0.383 e. The van der Waals surface area contributed by atoms with Gasteiger partial charge in [0.2, 0.25) is 0 Å². The van der Waals surface area contributed by atoms with E-state index in [-0.39, 0.29) is 0 Å². The van der Waals surface area contributed by atoms with Gasteiger partial charge in [0, 0.05) is 11.1 Å². The van der Waals surface area contributed by atoms with Crippen LogP contribution in [0.15, 0.2) is 71.8 Å². The summed E-state index contributed by atoms with van der Waals surface area (Å²) in [7, 11) is 0. The molecule has 0 saturated heterocycles. The molecule has 1 nitrogen and oxygen atoms in total. The maximum atomic E-state index is 14.4. The lowest BCUT2D eigenvalue weighted by Gasteiger charge is -2.32. The van der Waals surface area contributed by atoms with Crippen molar-refractivity contribution in [3.8, 4) is 11.1 Å². The molecule has 0 fully saturated rings. The van der Waals surface area contributed by atoms with Crippen LogP contribution in [0.3, 0.4) is 0 Å². The van der Waals surface area contributed by atoms with Crippen LogP contribution in [0.25, 0.3) is 11.1 Å². The molecule has 2 aromatic carbocycles. The van der Waals surface area contributed by atoms with Gasteiger partial charge in [-0.3, -0.25) is 4.39 Å². The molecule has 0 N–H and O–H groups in total. The van der Waals surface area contributed by atoms with Crippen LogP contribution < -0.4 is 0 Å². The standard InChI is InChI=1S/C25H23F7O/c1-17-4-11-21(24(29,30)23(17,27)28)14-16-33-25(31,32)22-12-9-20(10-13-22)19-7-5-18(6-8-19)3-2-15-26/h4-13H,2-3,14-16H2,1H3. The Morgan fingerprint density at radius 2 is 1.36 bits per heavy atom. The average molecular weight is 472 g/mol. The van der Waals surface area contributed by atoms with Crippen molar-refractivity contribution in [1.29, 1.82) is 0 Å². The summed E-state index contributed by atoms with van der Waals surface area (Å²) in [5.41, 5.74) is 0.177. The fraction of sp³-hybridized carbons (Fsp3) is 0.360. The molecule has 1 aliphatic carbocycles. The van der Waals surface area contributed by atoms with Crippen molar-refractivity contribution < 1.29 is 35.5 Å². The smallest absolute Gasteiger partial charge is 0.316 e. The molecule has 0 unspecified atom stereocenters. The lowest BCUT2D eigenvalue weighted by Crippen LogP contribution is -2.45. The predicted octanol–water partition coefficient (Wildman–Crippen LogP) is 7.87. The summed E-state index contributed by atoms with van der Waals surface area (Å²) in [4.78, 5) is 0. The van der Waals surface area contributed by atoms with Gasteiger partial charge in [-0.25, -0.2) is 0 Å². The van der Waals surface area contributed by atoms with Crippen LogP contribution in [0.5, 0.6) is 0 Å². The number of aryl methyl sites for hydroxylation is 1. The van der Waals surface area contributed by atoms with Crippen molar-refractivity contribution >= 4 is 0 Å². The monoisotopic (exact) mass is 472 g/mol. The molecule has 33 heavy (non-hydrogen) atoms. The number of halogens is 7. The molecule has 0 spiro atoms. The molecule has 0 amide bonds. The third-order valence-corrected chi connectivity index (χ3v) is 5.59. The van der Waals surface area contributed by atoms with E-state index in [1.807, 2.05) is 12.1 Å². The second-order valence-electron chi connectivity index (χ2n) is 7.87. The SMILES string of the molecule is CC1=CC=C(CCOC(F)(F)c2ccc(-c3ccc(CCCF)cc3)cc2)C(F)(F)C1(F)F. The Kier molecular flexibility index (Phi) is 7.36. The highest BCUT2D eigenvalue weighted by molar-refractivity contribution is 5.64. The normalized spacial score (nSPS) is 17.5. The Labute approximate surface area is 187 Å². The highest BCUT2D eigenvalue weighted by Crippen LogP contribution is 2.48. The Balaban J connectivity index is 1.63. The van der Waals surface area contributed by atoms with Crippen LogP contribution in [0.2, 0.25) is 0 Å². The van der Waals surface area contributed by atoms with Gasteiger partial charge in [0.15, 0.2) is 0 Å². The summed E-state index contributed by atoms with van der Waals surface area (Å²) in [5.74, 6) is -8.84. The average Bonchev–Trinajstić information content (AvgIpc) is 2.79. The molecule has 0 aliphatic heterocycles. The molecule has 0 atom stereocenters. The van der Waals surface area contributed by atoms with Crippen molar-refractivity contribution in [2.75, 3.05) is 13.3 Å². The quantitative estimate of drug-likeness (QED) is 0.338. The molecular weight excluding hydrogens is 449 g/mol. The molecule has 178 valence electrons. The lowest BCUT2D eigenvalue weighted by atomic mass is 9.90. The fourth-order valence-electron chi connectivity index (χ4n) is 3.49. The summed E-state index contributed by atoms with van der Waals surface area (Å²) in [6, 6.07) is 12.5. The van der Waals surface area contributed by atoms with E-state index in [9.17, 15) is 30.7 Å². The Morgan fingerprint density at radius 3 is 1.94 bits per heavy atom. The molecule has 2 aromatic rings. The molecule has 0 aromatic heterocycles. The Morgan fingerprint density at radius 1 is 0.788 bits per heavy atom.